The first-order valence-corrected chi connectivity index (χ1v) is 15.0. The number of esters is 2. The lowest BCUT2D eigenvalue weighted by Crippen LogP contribution is -2.79. The lowest BCUT2D eigenvalue weighted by Gasteiger charge is -2.69. The van der Waals surface area contributed by atoms with Gasteiger partial charge in [-0.2, -0.15) is 0 Å². The summed E-state index contributed by atoms with van der Waals surface area (Å²) in [7, 11) is 0. The summed E-state index contributed by atoms with van der Waals surface area (Å²) in [6, 6.07) is 1.82. The van der Waals surface area contributed by atoms with E-state index in [2.05, 4.69) is 6.92 Å². The van der Waals surface area contributed by atoms with Gasteiger partial charge in [-0.15, -0.1) is 0 Å². The molecule has 9 heteroatoms. The summed E-state index contributed by atoms with van der Waals surface area (Å²) in [5, 5.41) is 12.6. The zero-order valence-electron chi connectivity index (χ0n) is 23.4. The van der Waals surface area contributed by atoms with Crippen LogP contribution in [0.5, 0.6) is 0 Å². The molecular weight excluding hydrogens is 516 g/mol. The number of aliphatic hydroxyl groups excluding tert-OH is 1. The molecule has 0 radical (unpaired) electrons. The molecule has 216 valence electrons. The molecule has 0 aromatic carbocycles. The molecule has 7 aliphatic rings. The highest BCUT2D eigenvalue weighted by molar-refractivity contribution is 5.92. The van der Waals surface area contributed by atoms with Gasteiger partial charge in [0.2, 0.25) is 0 Å². The highest BCUT2D eigenvalue weighted by Crippen LogP contribution is 2.82. The standard InChI is InChI=1S/C31H38O9/c1-27(2)22-21(33)23(34)30(17-7-5-4-6-8-17)18(29(22)15-37-20(32)13-19(29)39-27)9-11-28(3)24(16-10-12-36-14-16)38-26(35)25-31(28,30)40-25/h10,12,14,17-19,22-25,34H,4-9,11,13,15H2,1-3H3/t18-,19+,22-,23-,24+,25-,28+,29+,30+,31-/m1/s1. The van der Waals surface area contributed by atoms with Crippen LogP contribution < -0.4 is 0 Å². The summed E-state index contributed by atoms with van der Waals surface area (Å²) in [5.41, 5.74) is -3.78. The Bertz CT molecular complexity index is 1280. The van der Waals surface area contributed by atoms with Gasteiger partial charge in [-0.05, 0) is 57.4 Å². The lowest BCUT2D eigenvalue weighted by atomic mass is 9.33. The topological polar surface area (TPSA) is 125 Å². The first kappa shape index (κ1) is 25.5. The van der Waals surface area contributed by atoms with Crippen LogP contribution in [0, 0.1) is 34.0 Å². The van der Waals surface area contributed by atoms with E-state index in [4.69, 9.17) is 23.4 Å². The molecule has 7 fully saturated rings. The number of ketones is 1. The predicted molar refractivity (Wildman–Crippen MR) is 136 cm³/mol. The van der Waals surface area contributed by atoms with E-state index < -0.39 is 63.8 Å². The molecule has 5 heterocycles. The molecule has 1 N–H and O–H groups in total. The van der Waals surface area contributed by atoms with Crippen molar-refractivity contribution in [2.75, 3.05) is 6.61 Å². The predicted octanol–water partition coefficient (Wildman–Crippen LogP) is 3.67. The van der Waals surface area contributed by atoms with Crippen LogP contribution in [0.1, 0.15) is 83.8 Å². The molecule has 0 unspecified atom stereocenters. The second-order valence-electron chi connectivity index (χ2n) is 14.3. The lowest BCUT2D eigenvalue weighted by molar-refractivity contribution is -0.275. The van der Waals surface area contributed by atoms with Gasteiger partial charge >= 0.3 is 11.9 Å². The van der Waals surface area contributed by atoms with Gasteiger partial charge in [0.25, 0.3) is 0 Å². The average molecular weight is 555 g/mol. The Balaban J connectivity index is 1.39. The third-order valence-corrected chi connectivity index (χ3v) is 12.6. The zero-order chi connectivity index (χ0) is 27.9. The number of hydrogen-bond acceptors (Lipinski definition) is 9. The van der Waals surface area contributed by atoms with E-state index in [1.54, 1.807) is 12.5 Å². The van der Waals surface area contributed by atoms with Gasteiger partial charge in [0.1, 0.15) is 24.4 Å². The Morgan fingerprint density at radius 3 is 2.48 bits per heavy atom. The largest absolute Gasteiger partial charge is 0.472 e. The fourth-order valence-electron chi connectivity index (χ4n) is 11.5. The Labute approximate surface area is 233 Å². The van der Waals surface area contributed by atoms with Crippen LogP contribution >= 0.6 is 0 Å². The number of epoxide rings is 1. The third kappa shape index (κ3) is 2.61. The molecule has 40 heavy (non-hydrogen) atoms. The summed E-state index contributed by atoms with van der Waals surface area (Å²) in [4.78, 5) is 41.0. The summed E-state index contributed by atoms with van der Waals surface area (Å²) in [5.74, 6) is -1.95. The van der Waals surface area contributed by atoms with Crippen LogP contribution in [-0.4, -0.2) is 58.9 Å². The molecule has 2 spiro atoms. The maximum atomic E-state index is 14.7. The molecule has 4 saturated heterocycles. The Hall–Kier alpha value is -2.23. The Kier molecular flexibility index (Phi) is 4.95. The quantitative estimate of drug-likeness (QED) is 0.431. The average Bonchev–Trinajstić information content (AvgIpc) is 3.37. The van der Waals surface area contributed by atoms with Crippen molar-refractivity contribution in [3.8, 4) is 0 Å². The number of carbonyl (C=O) groups is 3. The minimum Gasteiger partial charge on any atom is -0.472 e. The van der Waals surface area contributed by atoms with Gasteiger partial charge in [0.15, 0.2) is 11.9 Å². The normalized spacial score (nSPS) is 51.0. The van der Waals surface area contributed by atoms with Crippen molar-refractivity contribution in [1.82, 2.24) is 0 Å². The van der Waals surface area contributed by atoms with Gasteiger partial charge in [0, 0.05) is 21.8 Å². The number of ether oxygens (including phenoxy) is 4. The van der Waals surface area contributed by atoms with Crippen molar-refractivity contribution >= 4 is 17.7 Å². The van der Waals surface area contributed by atoms with Crippen molar-refractivity contribution in [3.05, 3.63) is 24.2 Å². The number of cyclic esters (lactones) is 2. The van der Waals surface area contributed by atoms with E-state index in [0.717, 1.165) is 37.7 Å². The van der Waals surface area contributed by atoms with E-state index in [9.17, 15) is 19.5 Å². The summed E-state index contributed by atoms with van der Waals surface area (Å²) in [6.45, 7) is 5.98. The number of carbonyl (C=O) groups excluding carboxylic acids is 3. The maximum absolute atomic E-state index is 14.7. The maximum Gasteiger partial charge on any atom is 0.339 e. The molecule has 0 amide bonds. The first-order chi connectivity index (χ1) is 19.1. The molecule has 1 aromatic rings. The van der Waals surface area contributed by atoms with Crippen LogP contribution in [0.15, 0.2) is 23.0 Å². The molecule has 1 aromatic heterocycles. The first-order valence-electron chi connectivity index (χ1n) is 15.0. The van der Waals surface area contributed by atoms with Crippen molar-refractivity contribution in [1.29, 1.82) is 0 Å². The SMILES string of the molecule is CC1(C)O[C@H]2CC(=O)OC[C@@]23[C@@H]1C(=O)[C@@H](O)[C@]1(C2CCCCC2)[C@@H]3CC[C@@]2(C)[C@H](c3ccoc3)OC(=O)[C@H]3O[C@@]312. The minimum atomic E-state index is -1.34. The van der Waals surface area contributed by atoms with Gasteiger partial charge in [-0.3, -0.25) is 9.59 Å². The monoisotopic (exact) mass is 554 g/mol. The number of Topliss-reactive ketones (excluding diaryl/α,β-unsaturated/α-hetero) is 1. The summed E-state index contributed by atoms with van der Waals surface area (Å²) in [6.07, 6.45) is 6.02. The third-order valence-electron chi connectivity index (χ3n) is 12.6. The smallest absolute Gasteiger partial charge is 0.339 e. The van der Waals surface area contributed by atoms with E-state index >= 15 is 0 Å². The Morgan fingerprint density at radius 2 is 1.75 bits per heavy atom. The van der Waals surface area contributed by atoms with Crippen molar-refractivity contribution < 1.29 is 42.9 Å². The van der Waals surface area contributed by atoms with Crippen LogP contribution in [0.2, 0.25) is 0 Å². The summed E-state index contributed by atoms with van der Waals surface area (Å²) < 4.78 is 30.6. The molecular formula is C31H38O9. The van der Waals surface area contributed by atoms with E-state index in [1.165, 1.54) is 0 Å². The van der Waals surface area contributed by atoms with Gasteiger partial charge < -0.3 is 28.5 Å². The molecule has 3 saturated carbocycles. The van der Waals surface area contributed by atoms with Crippen LogP contribution in [0.3, 0.4) is 0 Å². The highest BCUT2D eigenvalue weighted by atomic mass is 16.7. The number of furan rings is 1. The minimum absolute atomic E-state index is 0.0389. The Morgan fingerprint density at radius 1 is 0.975 bits per heavy atom. The van der Waals surface area contributed by atoms with Crippen LogP contribution in [-0.2, 0) is 33.3 Å². The van der Waals surface area contributed by atoms with E-state index in [0.29, 0.717) is 12.8 Å². The second kappa shape index (κ2) is 7.78. The van der Waals surface area contributed by atoms with Crippen LogP contribution in [0.4, 0.5) is 0 Å². The fourth-order valence-corrected chi connectivity index (χ4v) is 11.5. The second-order valence-corrected chi connectivity index (χ2v) is 14.3. The highest BCUT2D eigenvalue weighted by Gasteiger charge is 2.92. The molecule has 0 bridgehead atoms. The number of hydrogen-bond donors (Lipinski definition) is 1. The molecule has 3 aliphatic carbocycles. The van der Waals surface area contributed by atoms with Gasteiger partial charge in [-0.25, -0.2) is 4.79 Å². The number of fused-ring (bicyclic) bond motifs is 1. The fraction of sp³-hybridized carbons (Fsp3) is 0.774. The number of aliphatic hydroxyl groups is 1. The van der Waals surface area contributed by atoms with E-state index in [1.807, 2.05) is 19.9 Å². The molecule has 10 atom stereocenters. The molecule has 8 rings (SSSR count). The van der Waals surface area contributed by atoms with Crippen LogP contribution in [0.25, 0.3) is 0 Å². The number of rotatable bonds is 2. The van der Waals surface area contributed by atoms with Crippen molar-refractivity contribution in [2.45, 2.75) is 108 Å². The molecule has 4 aliphatic heterocycles. The van der Waals surface area contributed by atoms with Crippen molar-refractivity contribution in [2.24, 2.45) is 34.0 Å². The zero-order valence-corrected chi connectivity index (χ0v) is 23.4. The van der Waals surface area contributed by atoms with Crippen molar-refractivity contribution in [3.63, 3.8) is 0 Å². The molecule has 9 nitrogen and oxygen atoms in total. The van der Waals surface area contributed by atoms with Gasteiger partial charge in [0.05, 0.1) is 36.6 Å². The van der Waals surface area contributed by atoms with Gasteiger partial charge in [-0.1, -0.05) is 26.2 Å². The summed E-state index contributed by atoms with van der Waals surface area (Å²) >= 11 is 0. The van der Waals surface area contributed by atoms with E-state index in [-0.39, 0.29) is 36.6 Å².